The number of amides is 3. The van der Waals surface area contributed by atoms with Crippen LogP contribution in [0, 0.1) is 13.8 Å². The van der Waals surface area contributed by atoms with Crippen LogP contribution < -0.4 is 15.4 Å². The van der Waals surface area contributed by atoms with Gasteiger partial charge in [0.2, 0.25) is 5.91 Å². The predicted molar refractivity (Wildman–Crippen MR) is 163 cm³/mol. The van der Waals surface area contributed by atoms with Crippen LogP contribution in [0.15, 0.2) is 55.4 Å². The zero-order valence-corrected chi connectivity index (χ0v) is 25.2. The largest absolute Gasteiger partial charge is 0.482 e. The fourth-order valence-corrected chi connectivity index (χ4v) is 5.42. The molecule has 1 saturated carbocycles. The Labute approximate surface area is 251 Å². The second-order valence-electron chi connectivity index (χ2n) is 11.3. The number of anilines is 1. The molecule has 43 heavy (non-hydrogen) atoms. The van der Waals surface area contributed by atoms with Gasteiger partial charge in [0.15, 0.2) is 6.10 Å². The van der Waals surface area contributed by atoms with Crippen molar-refractivity contribution >= 4 is 23.5 Å². The topological polar surface area (TPSA) is 122 Å². The van der Waals surface area contributed by atoms with E-state index in [-0.39, 0.29) is 29.3 Å². The minimum atomic E-state index is -0.493. The number of nitrogens with zero attached hydrogens (tertiary/aromatic N) is 5. The van der Waals surface area contributed by atoms with Crippen LogP contribution in [0.1, 0.15) is 69.4 Å². The standard InChI is InChI=1S/C32H39N7O4/c1-6-29(40)38-15-14-37(18-22(38)4)19-28(26-11-13-39(36-26)23-9-10-23)43-27-16-21(3)24(17-25(27)31(41)33-5)32(42)35-30-20(2)8-7-12-34-30/h6-8,11-13,16-17,22-23,28H,1,9-10,14-15,18-19H2,2-5H3,(H,33,41)(H,34,35,42)/t22-,28?/m1/s1. The maximum Gasteiger partial charge on any atom is 0.257 e. The van der Waals surface area contributed by atoms with E-state index in [4.69, 9.17) is 9.84 Å². The van der Waals surface area contributed by atoms with Crippen LogP contribution in [0.3, 0.4) is 0 Å². The second kappa shape index (κ2) is 12.8. The van der Waals surface area contributed by atoms with Crippen molar-refractivity contribution in [3.05, 3.63) is 83.3 Å². The van der Waals surface area contributed by atoms with Gasteiger partial charge in [-0.2, -0.15) is 5.10 Å². The van der Waals surface area contributed by atoms with Crippen molar-refractivity contribution in [1.29, 1.82) is 0 Å². The Hall–Kier alpha value is -4.51. The molecule has 1 aromatic carbocycles. The molecule has 2 fully saturated rings. The summed E-state index contributed by atoms with van der Waals surface area (Å²) in [4.78, 5) is 47.0. The van der Waals surface area contributed by atoms with Crippen molar-refractivity contribution in [2.45, 2.75) is 51.8 Å². The molecule has 3 amide bonds. The summed E-state index contributed by atoms with van der Waals surface area (Å²) < 4.78 is 8.61. The van der Waals surface area contributed by atoms with Crippen LogP contribution in [-0.2, 0) is 4.79 Å². The third kappa shape index (κ3) is 6.77. The minimum absolute atomic E-state index is 0.00753. The molecule has 1 aliphatic carbocycles. The molecule has 11 heteroatoms. The summed E-state index contributed by atoms with van der Waals surface area (Å²) in [6.45, 7) is 11.8. The first-order valence-electron chi connectivity index (χ1n) is 14.6. The smallest absolute Gasteiger partial charge is 0.257 e. The maximum atomic E-state index is 13.3. The fourth-order valence-electron chi connectivity index (χ4n) is 5.42. The Kier molecular flexibility index (Phi) is 8.91. The van der Waals surface area contributed by atoms with Gasteiger partial charge in [-0.15, -0.1) is 0 Å². The number of aromatic nitrogens is 3. The summed E-state index contributed by atoms with van der Waals surface area (Å²) in [5.74, 6) is 0.0179. The molecule has 226 valence electrons. The highest BCUT2D eigenvalue weighted by molar-refractivity contribution is 6.07. The molecule has 5 rings (SSSR count). The van der Waals surface area contributed by atoms with Crippen molar-refractivity contribution in [3.8, 4) is 5.75 Å². The number of benzene rings is 1. The normalized spacial score (nSPS) is 17.7. The van der Waals surface area contributed by atoms with Gasteiger partial charge >= 0.3 is 0 Å². The fraction of sp³-hybridized carbons (Fsp3) is 0.406. The lowest BCUT2D eigenvalue weighted by Crippen LogP contribution is -2.54. The highest BCUT2D eigenvalue weighted by Gasteiger charge is 2.31. The Bertz CT molecular complexity index is 1530. The molecule has 3 heterocycles. The number of hydrogen-bond donors (Lipinski definition) is 2. The highest BCUT2D eigenvalue weighted by atomic mass is 16.5. The molecular weight excluding hydrogens is 546 g/mol. The predicted octanol–water partition coefficient (Wildman–Crippen LogP) is 3.68. The average Bonchev–Trinajstić information content (AvgIpc) is 3.73. The number of aryl methyl sites for hydroxylation is 2. The van der Waals surface area contributed by atoms with E-state index in [0.717, 1.165) is 24.1 Å². The number of piperazine rings is 1. The van der Waals surface area contributed by atoms with Gasteiger partial charge in [0.05, 0.1) is 11.6 Å². The average molecular weight is 586 g/mol. The van der Waals surface area contributed by atoms with Crippen LogP contribution >= 0.6 is 0 Å². The number of carbonyl (C=O) groups is 3. The van der Waals surface area contributed by atoms with Crippen molar-refractivity contribution in [3.63, 3.8) is 0 Å². The lowest BCUT2D eigenvalue weighted by molar-refractivity contribution is -0.130. The Morgan fingerprint density at radius 1 is 1.12 bits per heavy atom. The van der Waals surface area contributed by atoms with E-state index in [1.807, 2.05) is 48.7 Å². The van der Waals surface area contributed by atoms with Crippen LogP contribution in [0.2, 0.25) is 0 Å². The van der Waals surface area contributed by atoms with E-state index in [9.17, 15) is 14.4 Å². The van der Waals surface area contributed by atoms with E-state index in [1.165, 1.54) is 6.08 Å². The highest BCUT2D eigenvalue weighted by Crippen LogP contribution is 2.35. The van der Waals surface area contributed by atoms with Crippen molar-refractivity contribution in [2.75, 3.05) is 38.5 Å². The molecule has 1 aliphatic heterocycles. The molecule has 3 aromatic rings. The van der Waals surface area contributed by atoms with Crippen LogP contribution in [0.25, 0.3) is 0 Å². The van der Waals surface area contributed by atoms with Gasteiger partial charge in [0, 0.05) is 57.2 Å². The third-order valence-corrected chi connectivity index (χ3v) is 8.03. The van der Waals surface area contributed by atoms with Gasteiger partial charge in [0.25, 0.3) is 11.8 Å². The molecule has 1 unspecified atom stereocenters. The monoisotopic (exact) mass is 585 g/mol. The van der Waals surface area contributed by atoms with Crippen LogP contribution in [0.5, 0.6) is 5.75 Å². The van der Waals surface area contributed by atoms with Gasteiger partial charge in [-0.05, 0) is 75.1 Å². The quantitative estimate of drug-likeness (QED) is 0.348. The zero-order valence-electron chi connectivity index (χ0n) is 25.2. The number of pyridine rings is 1. The van der Waals surface area contributed by atoms with Crippen LogP contribution in [-0.4, -0.2) is 81.6 Å². The summed E-state index contributed by atoms with van der Waals surface area (Å²) in [6.07, 6.45) is 6.66. The van der Waals surface area contributed by atoms with Gasteiger partial charge in [0.1, 0.15) is 17.3 Å². The number of rotatable bonds is 10. The SMILES string of the molecule is C=CC(=O)N1CCN(CC(Oc2cc(C)c(C(=O)Nc3ncccc3C)cc2C(=O)NC)c2ccn(C3CC3)n2)C[C@H]1C. The molecule has 2 atom stereocenters. The summed E-state index contributed by atoms with van der Waals surface area (Å²) >= 11 is 0. The number of hydrogen-bond acceptors (Lipinski definition) is 7. The van der Waals surface area contributed by atoms with Crippen molar-refractivity contribution in [2.24, 2.45) is 0 Å². The van der Waals surface area contributed by atoms with Crippen molar-refractivity contribution < 1.29 is 19.1 Å². The van der Waals surface area contributed by atoms with Gasteiger partial charge in [-0.1, -0.05) is 12.6 Å². The van der Waals surface area contributed by atoms with Crippen molar-refractivity contribution in [1.82, 2.24) is 29.9 Å². The van der Waals surface area contributed by atoms with Gasteiger partial charge in [-0.3, -0.25) is 24.0 Å². The first kappa shape index (κ1) is 30.0. The summed E-state index contributed by atoms with van der Waals surface area (Å²) in [6, 6.07) is 9.35. The molecule has 0 radical (unpaired) electrons. The molecule has 2 aromatic heterocycles. The Morgan fingerprint density at radius 2 is 1.91 bits per heavy atom. The minimum Gasteiger partial charge on any atom is -0.482 e. The molecular formula is C32H39N7O4. The van der Waals surface area contributed by atoms with E-state index in [1.54, 1.807) is 31.4 Å². The molecule has 2 N–H and O–H groups in total. The van der Waals surface area contributed by atoms with E-state index >= 15 is 0 Å². The first-order chi connectivity index (χ1) is 20.7. The first-order valence-corrected chi connectivity index (χ1v) is 14.6. The van der Waals surface area contributed by atoms with Gasteiger partial charge in [-0.25, -0.2) is 4.98 Å². The number of nitrogens with one attached hydrogen (secondary N) is 2. The summed E-state index contributed by atoms with van der Waals surface area (Å²) in [5.41, 5.74) is 2.84. The third-order valence-electron chi connectivity index (χ3n) is 8.03. The summed E-state index contributed by atoms with van der Waals surface area (Å²) in [7, 11) is 1.54. The molecule has 1 saturated heterocycles. The number of ether oxygens (including phenoxy) is 1. The van der Waals surface area contributed by atoms with Crippen LogP contribution in [0.4, 0.5) is 5.82 Å². The van der Waals surface area contributed by atoms with E-state index in [0.29, 0.717) is 54.9 Å². The van der Waals surface area contributed by atoms with E-state index in [2.05, 4.69) is 27.1 Å². The second-order valence-corrected chi connectivity index (χ2v) is 11.3. The molecule has 0 bridgehead atoms. The molecule has 0 spiro atoms. The Morgan fingerprint density at radius 3 is 2.58 bits per heavy atom. The number of carbonyl (C=O) groups excluding carboxylic acids is 3. The molecule has 2 aliphatic rings. The maximum absolute atomic E-state index is 13.3. The lowest BCUT2D eigenvalue weighted by Gasteiger charge is -2.40. The summed E-state index contributed by atoms with van der Waals surface area (Å²) in [5, 5.41) is 10.4. The van der Waals surface area contributed by atoms with Gasteiger partial charge < -0.3 is 20.3 Å². The molecule has 11 nitrogen and oxygen atoms in total. The van der Waals surface area contributed by atoms with E-state index < -0.39 is 6.10 Å². The zero-order chi connectivity index (χ0) is 30.7. The Balaban J connectivity index is 1.43. The lowest BCUT2D eigenvalue weighted by atomic mass is 10.0.